The first-order valence-electron chi connectivity index (χ1n) is 7.93. The van der Waals surface area contributed by atoms with Gasteiger partial charge in [-0.15, -0.1) is 0 Å². The van der Waals surface area contributed by atoms with Crippen molar-refractivity contribution in [3.63, 3.8) is 0 Å². The Bertz CT molecular complexity index is 658. The van der Waals surface area contributed by atoms with E-state index in [1.807, 2.05) is 30.3 Å². The highest BCUT2D eigenvalue weighted by molar-refractivity contribution is 6.15. The van der Waals surface area contributed by atoms with Crippen molar-refractivity contribution in [2.24, 2.45) is 0 Å². The van der Waals surface area contributed by atoms with Crippen molar-refractivity contribution < 1.29 is 28.6 Å². The maximum atomic E-state index is 12.1. The smallest absolute Gasteiger partial charge is 0.350 e. The van der Waals surface area contributed by atoms with E-state index in [0.29, 0.717) is 6.54 Å². The summed E-state index contributed by atoms with van der Waals surface area (Å²) in [6.45, 7) is 5.09. The van der Waals surface area contributed by atoms with Gasteiger partial charge in [-0.05, 0) is 12.5 Å². The summed E-state index contributed by atoms with van der Waals surface area (Å²) >= 11 is 0. The Morgan fingerprint density at radius 1 is 1.16 bits per heavy atom. The number of esters is 3. The van der Waals surface area contributed by atoms with Crippen LogP contribution in [0.4, 0.5) is 0 Å². The molecule has 1 aliphatic rings. The minimum absolute atomic E-state index is 0.115. The first-order valence-corrected chi connectivity index (χ1v) is 7.93. The lowest BCUT2D eigenvalue weighted by molar-refractivity contribution is -0.222. The Balaban J connectivity index is 2.23. The maximum absolute atomic E-state index is 12.1. The molecule has 0 aliphatic carbocycles. The Kier molecular flexibility index (Phi) is 5.80. The zero-order valence-electron chi connectivity index (χ0n) is 14.5. The van der Waals surface area contributed by atoms with Gasteiger partial charge in [0.15, 0.2) is 5.57 Å². The van der Waals surface area contributed by atoms with Crippen molar-refractivity contribution >= 4 is 17.9 Å². The average Bonchev–Trinajstić information content (AvgIpc) is 2.51. The summed E-state index contributed by atoms with van der Waals surface area (Å²) in [5.41, 5.74) is 0.640. The third-order valence-electron chi connectivity index (χ3n) is 3.29. The quantitative estimate of drug-likeness (QED) is 0.441. The van der Waals surface area contributed by atoms with Gasteiger partial charge in [-0.2, -0.15) is 0 Å². The molecule has 1 aromatic carbocycles. The lowest BCUT2D eigenvalue weighted by Gasteiger charge is -2.30. The number of rotatable bonds is 6. The molecule has 0 bridgehead atoms. The molecule has 134 valence electrons. The van der Waals surface area contributed by atoms with E-state index in [2.05, 4.69) is 0 Å². The maximum Gasteiger partial charge on any atom is 0.350 e. The van der Waals surface area contributed by atoms with Gasteiger partial charge in [0.25, 0.3) is 5.79 Å². The van der Waals surface area contributed by atoms with Crippen LogP contribution in [0.1, 0.15) is 26.3 Å². The van der Waals surface area contributed by atoms with E-state index in [1.54, 1.807) is 6.92 Å². The predicted molar refractivity (Wildman–Crippen MR) is 87.8 cm³/mol. The number of carbonyl (C=O) groups excluding carboxylic acids is 3. The van der Waals surface area contributed by atoms with E-state index in [-0.39, 0.29) is 18.7 Å². The number of hydrogen-bond donors (Lipinski definition) is 0. The third kappa shape index (κ3) is 5.34. The predicted octanol–water partition coefficient (Wildman–Crippen LogP) is 1.77. The molecule has 0 atom stereocenters. The zero-order valence-corrected chi connectivity index (χ0v) is 14.5. The molecule has 7 nitrogen and oxygen atoms in total. The summed E-state index contributed by atoms with van der Waals surface area (Å²) in [6.07, 6.45) is 1.28. The van der Waals surface area contributed by atoms with Crippen LogP contribution in [0.25, 0.3) is 0 Å². The van der Waals surface area contributed by atoms with Gasteiger partial charge in [-0.25, -0.2) is 9.59 Å². The van der Waals surface area contributed by atoms with E-state index in [9.17, 15) is 14.4 Å². The summed E-state index contributed by atoms with van der Waals surface area (Å²) in [5.74, 6) is -3.35. The van der Waals surface area contributed by atoms with E-state index in [4.69, 9.17) is 14.2 Å². The first kappa shape index (κ1) is 18.5. The number of cyclic esters (lactones) is 2. The van der Waals surface area contributed by atoms with Gasteiger partial charge in [0, 0.05) is 26.6 Å². The first-order chi connectivity index (χ1) is 11.8. The van der Waals surface area contributed by atoms with Crippen molar-refractivity contribution in [2.75, 3.05) is 13.2 Å². The molecule has 25 heavy (non-hydrogen) atoms. The van der Waals surface area contributed by atoms with E-state index in [0.717, 1.165) is 5.56 Å². The van der Waals surface area contributed by atoms with Gasteiger partial charge in [0.1, 0.15) is 6.54 Å². The van der Waals surface area contributed by atoms with Crippen LogP contribution >= 0.6 is 0 Å². The molecular weight excluding hydrogens is 326 g/mol. The highest BCUT2D eigenvalue weighted by Gasteiger charge is 2.39. The molecule has 0 spiro atoms. The van der Waals surface area contributed by atoms with Crippen LogP contribution in [0.5, 0.6) is 0 Å². The van der Waals surface area contributed by atoms with Gasteiger partial charge in [0.2, 0.25) is 0 Å². The number of hydrogen-bond acceptors (Lipinski definition) is 7. The van der Waals surface area contributed by atoms with Crippen LogP contribution in [-0.4, -0.2) is 41.7 Å². The fourth-order valence-electron chi connectivity index (χ4n) is 2.29. The molecule has 1 aromatic rings. The van der Waals surface area contributed by atoms with Crippen molar-refractivity contribution in [3.05, 3.63) is 47.7 Å². The third-order valence-corrected chi connectivity index (χ3v) is 3.29. The largest absolute Gasteiger partial charge is 0.465 e. The second-order valence-electron chi connectivity index (χ2n) is 5.92. The molecule has 0 aromatic heterocycles. The monoisotopic (exact) mass is 347 g/mol. The van der Waals surface area contributed by atoms with Crippen LogP contribution in [0.3, 0.4) is 0 Å². The van der Waals surface area contributed by atoms with Crippen molar-refractivity contribution in [2.45, 2.75) is 33.1 Å². The Morgan fingerprint density at radius 2 is 1.76 bits per heavy atom. The topological polar surface area (TPSA) is 82.1 Å². The minimum Gasteiger partial charge on any atom is -0.465 e. The Morgan fingerprint density at radius 3 is 2.32 bits per heavy atom. The van der Waals surface area contributed by atoms with Crippen LogP contribution in [0.2, 0.25) is 0 Å². The molecule has 0 radical (unpaired) electrons. The fourth-order valence-corrected chi connectivity index (χ4v) is 2.29. The lowest BCUT2D eigenvalue weighted by atomic mass is 10.2. The molecule has 0 unspecified atom stereocenters. The fraction of sp³-hybridized carbons (Fsp3) is 0.389. The number of ether oxygens (including phenoxy) is 3. The van der Waals surface area contributed by atoms with Gasteiger partial charge in [-0.3, -0.25) is 4.79 Å². The molecule has 0 saturated carbocycles. The summed E-state index contributed by atoms with van der Waals surface area (Å²) in [5, 5.41) is 0. The molecule has 1 heterocycles. The van der Waals surface area contributed by atoms with Crippen molar-refractivity contribution in [1.29, 1.82) is 0 Å². The van der Waals surface area contributed by atoms with Gasteiger partial charge >= 0.3 is 17.9 Å². The molecular formula is C18H21NO6. The SMILES string of the molecule is CCOC(=O)CN(C=C1C(=O)OC(C)(C)OC1=O)Cc1ccccc1. The van der Waals surface area contributed by atoms with Gasteiger partial charge in [0.05, 0.1) is 6.61 Å². The van der Waals surface area contributed by atoms with Crippen LogP contribution in [-0.2, 0) is 35.1 Å². The Labute approximate surface area is 146 Å². The molecule has 2 rings (SSSR count). The van der Waals surface area contributed by atoms with E-state index in [1.165, 1.54) is 24.9 Å². The molecule has 1 fully saturated rings. The second-order valence-corrected chi connectivity index (χ2v) is 5.92. The number of nitrogens with zero attached hydrogens (tertiary/aromatic N) is 1. The Hall–Kier alpha value is -2.83. The second kappa shape index (κ2) is 7.83. The summed E-state index contributed by atoms with van der Waals surface area (Å²) < 4.78 is 15.1. The molecule has 1 saturated heterocycles. The van der Waals surface area contributed by atoms with Crippen molar-refractivity contribution in [3.8, 4) is 0 Å². The number of benzene rings is 1. The van der Waals surface area contributed by atoms with Gasteiger partial charge < -0.3 is 19.1 Å². The standard InChI is InChI=1S/C18H21NO6/c1-4-23-15(20)12-19(10-13-8-6-5-7-9-13)11-14-16(21)24-18(2,3)25-17(14)22/h5-9,11H,4,10,12H2,1-3H3. The summed E-state index contributed by atoms with van der Waals surface area (Å²) in [4.78, 5) is 37.5. The minimum atomic E-state index is -1.31. The van der Waals surface area contributed by atoms with Crippen LogP contribution in [0.15, 0.2) is 42.1 Å². The molecule has 0 amide bonds. The highest BCUT2D eigenvalue weighted by Crippen LogP contribution is 2.23. The van der Waals surface area contributed by atoms with E-state index >= 15 is 0 Å². The van der Waals surface area contributed by atoms with Crippen LogP contribution < -0.4 is 0 Å². The molecule has 0 N–H and O–H groups in total. The van der Waals surface area contributed by atoms with Crippen molar-refractivity contribution in [1.82, 2.24) is 4.90 Å². The zero-order chi connectivity index (χ0) is 18.4. The molecule has 1 aliphatic heterocycles. The lowest BCUT2D eigenvalue weighted by Crippen LogP contribution is -2.42. The van der Waals surface area contributed by atoms with Crippen LogP contribution in [0, 0.1) is 0 Å². The normalized spacial score (nSPS) is 15.9. The summed E-state index contributed by atoms with van der Waals surface area (Å²) in [7, 11) is 0. The highest BCUT2D eigenvalue weighted by atomic mass is 16.7. The average molecular weight is 347 g/mol. The van der Waals surface area contributed by atoms with E-state index < -0.39 is 23.7 Å². The van der Waals surface area contributed by atoms with Gasteiger partial charge in [-0.1, -0.05) is 30.3 Å². The number of carbonyl (C=O) groups is 3. The molecule has 7 heteroatoms. The summed E-state index contributed by atoms with van der Waals surface area (Å²) in [6, 6.07) is 9.33.